The van der Waals surface area contributed by atoms with Crippen molar-refractivity contribution in [1.82, 2.24) is 9.80 Å². The largest absolute Gasteiger partial charge is 0.330 e. The van der Waals surface area contributed by atoms with Gasteiger partial charge in [-0.05, 0) is 77.0 Å². The third kappa shape index (κ3) is 5.60. The molecule has 0 aliphatic carbocycles. The fourth-order valence-corrected chi connectivity index (χ4v) is 6.13. The van der Waals surface area contributed by atoms with Gasteiger partial charge in [-0.15, -0.1) is 11.3 Å². The van der Waals surface area contributed by atoms with Crippen LogP contribution in [0.5, 0.6) is 0 Å². The molecule has 3 aromatic carbocycles. The first-order valence-electron chi connectivity index (χ1n) is 11.9. The molecule has 1 unspecified atom stereocenters. The predicted molar refractivity (Wildman–Crippen MR) is 146 cm³/mol. The molecule has 1 aromatic heterocycles. The van der Waals surface area contributed by atoms with Crippen LogP contribution in [0.15, 0.2) is 78.2 Å². The van der Waals surface area contributed by atoms with Gasteiger partial charge in [-0.25, -0.2) is 8.78 Å². The third-order valence-corrected chi connectivity index (χ3v) is 8.07. The first-order valence-corrected chi connectivity index (χ1v) is 13.5. The molecule has 1 atom stereocenters. The maximum absolute atomic E-state index is 13.9. The summed E-state index contributed by atoms with van der Waals surface area (Å²) in [5.74, 6) is -1.75. The highest BCUT2D eigenvalue weighted by atomic mass is 35.5. The summed E-state index contributed by atoms with van der Waals surface area (Å²) >= 11 is 14.4. The molecule has 1 aliphatic heterocycles. The van der Waals surface area contributed by atoms with Gasteiger partial charge in [0.15, 0.2) is 0 Å². The standard InChI is InChI=1S/C29H22Cl2F2N2O2S/c30-20-6-9-23(25(31)15-20)28-24-11-13-38-26(24)10-12-35(28)27(36)17-34(16-18-4-7-21(32)8-5-18)29(37)19-2-1-3-22(33)14-19/h1-9,11,13-15,28H,10,12,16-17H2. The van der Waals surface area contributed by atoms with E-state index in [-0.39, 0.29) is 24.6 Å². The first kappa shape index (κ1) is 26.4. The van der Waals surface area contributed by atoms with E-state index in [1.165, 1.54) is 40.1 Å². The average molecular weight is 571 g/mol. The van der Waals surface area contributed by atoms with Crippen molar-refractivity contribution >= 4 is 46.4 Å². The Hall–Kier alpha value is -3.26. The molecule has 0 radical (unpaired) electrons. The van der Waals surface area contributed by atoms with Crippen molar-refractivity contribution in [2.24, 2.45) is 0 Å². The number of amides is 2. The molecule has 0 saturated carbocycles. The molecule has 0 N–H and O–H groups in total. The van der Waals surface area contributed by atoms with Crippen LogP contribution >= 0.6 is 34.5 Å². The Morgan fingerprint density at radius 3 is 2.47 bits per heavy atom. The van der Waals surface area contributed by atoms with Crippen molar-refractivity contribution in [1.29, 1.82) is 0 Å². The summed E-state index contributed by atoms with van der Waals surface area (Å²) in [5, 5.41) is 2.92. The maximum atomic E-state index is 13.9. The monoisotopic (exact) mass is 570 g/mol. The van der Waals surface area contributed by atoms with E-state index in [1.54, 1.807) is 40.5 Å². The highest BCUT2D eigenvalue weighted by Gasteiger charge is 2.35. The molecule has 4 aromatic rings. The van der Waals surface area contributed by atoms with Gasteiger partial charge in [0.25, 0.3) is 5.91 Å². The van der Waals surface area contributed by atoms with Crippen LogP contribution in [0.1, 0.15) is 38.0 Å². The van der Waals surface area contributed by atoms with E-state index in [0.717, 1.165) is 17.2 Å². The Morgan fingerprint density at radius 2 is 1.74 bits per heavy atom. The molecular formula is C29H22Cl2F2N2O2S. The minimum Gasteiger partial charge on any atom is -0.330 e. The third-order valence-electron chi connectivity index (χ3n) is 6.51. The van der Waals surface area contributed by atoms with E-state index in [1.807, 2.05) is 17.5 Å². The Morgan fingerprint density at radius 1 is 0.947 bits per heavy atom. The van der Waals surface area contributed by atoms with Crippen LogP contribution in [-0.4, -0.2) is 34.7 Å². The summed E-state index contributed by atoms with van der Waals surface area (Å²) in [6.07, 6.45) is 0.677. The van der Waals surface area contributed by atoms with Crippen LogP contribution in [0.2, 0.25) is 10.0 Å². The highest BCUT2D eigenvalue weighted by Crippen LogP contribution is 2.41. The lowest BCUT2D eigenvalue weighted by atomic mass is 9.93. The molecule has 0 saturated heterocycles. The fourth-order valence-electron chi connectivity index (χ4n) is 4.71. The van der Waals surface area contributed by atoms with Gasteiger partial charge in [0.1, 0.15) is 18.2 Å². The minimum atomic E-state index is -0.553. The summed E-state index contributed by atoms with van der Waals surface area (Å²) in [5.41, 5.74) is 2.49. The smallest absolute Gasteiger partial charge is 0.254 e. The van der Waals surface area contributed by atoms with Crippen LogP contribution in [0, 0.1) is 11.6 Å². The van der Waals surface area contributed by atoms with Gasteiger partial charge >= 0.3 is 0 Å². The molecule has 4 nitrogen and oxygen atoms in total. The summed E-state index contributed by atoms with van der Waals surface area (Å²) < 4.78 is 27.4. The Bertz CT molecular complexity index is 1490. The SMILES string of the molecule is O=C(c1cccc(F)c1)N(CC(=O)N1CCc2sccc2C1c1ccc(Cl)cc1Cl)Cc1ccc(F)cc1. The van der Waals surface area contributed by atoms with E-state index in [4.69, 9.17) is 23.2 Å². The molecule has 5 rings (SSSR count). The second-order valence-corrected chi connectivity index (χ2v) is 10.8. The summed E-state index contributed by atoms with van der Waals surface area (Å²) in [4.78, 5) is 31.6. The number of thiophene rings is 1. The number of hydrogen-bond acceptors (Lipinski definition) is 3. The summed E-state index contributed by atoms with van der Waals surface area (Å²) in [7, 11) is 0. The van der Waals surface area contributed by atoms with E-state index in [2.05, 4.69) is 0 Å². The Kier molecular flexibility index (Phi) is 7.79. The van der Waals surface area contributed by atoms with Crippen LogP contribution in [0.4, 0.5) is 8.78 Å². The molecule has 0 fully saturated rings. The van der Waals surface area contributed by atoms with Gasteiger partial charge < -0.3 is 9.80 Å². The van der Waals surface area contributed by atoms with Crippen molar-refractivity contribution in [3.63, 3.8) is 0 Å². The van der Waals surface area contributed by atoms with Gasteiger partial charge in [-0.1, -0.05) is 47.5 Å². The molecule has 2 amide bonds. The number of fused-ring (bicyclic) bond motifs is 1. The van der Waals surface area contributed by atoms with E-state index >= 15 is 0 Å². The zero-order valence-corrected chi connectivity index (χ0v) is 22.4. The quantitative estimate of drug-likeness (QED) is 0.247. The molecule has 0 spiro atoms. The van der Waals surface area contributed by atoms with E-state index in [0.29, 0.717) is 28.6 Å². The molecule has 2 heterocycles. The molecule has 9 heteroatoms. The molecule has 38 heavy (non-hydrogen) atoms. The van der Waals surface area contributed by atoms with Gasteiger partial charge in [-0.2, -0.15) is 0 Å². The van der Waals surface area contributed by atoms with Crippen molar-refractivity contribution in [2.45, 2.75) is 19.0 Å². The van der Waals surface area contributed by atoms with Gasteiger partial charge in [0, 0.05) is 33.6 Å². The van der Waals surface area contributed by atoms with Gasteiger partial charge in [0.05, 0.1) is 6.04 Å². The number of carbonyl (C=O) groups excluding carboxylic acids is 2. The number of carbonyl (C=O) groups is 2. The summed E-state index contributed by atoms with van der Waals surface area (Å²) in [6.45, 7) is 0.230. The van der Waals surface area contributed by atoms with Gasteiger partial charge in [0.2, 0.25) is 5.91 Å². The molecule has 0 bridgehead atoms. The number of nitrogens with zero attached hydrogens (tertiary/aromatic N) is 2. The molecular weight excluding hydrogens is 549 g/mol. The maximum Gasteiger partial charge on any atom is 0.254 e. The molecule has 194 valence electrons. The minimum absolute atomic E-state index is 0.0469. The lowest BCUT2D eigenvalue weighted by molar-refractivity contribution is -0.134. The average Bonchev–Trinajstić information content (AvgIpc) is 3.38. The molecule has 1 aliphatic rings. The zero-order chi connectivity index (χ0) is 26.8. The lowest BCUT2D eigenvalue weighted by Gasteiger charge is -2.38. The van der Waals surface area contributed by atoms with E-state index < -0.39 is 23.6 Å². The van der Waals surface area contributed by atoms with Crippen LogP contribution in [-0.2, 0) is 17.8 Å². The number of rotatable bonds is 6. The lowest BCUT2D eigenvalue weighted by Crippen LogP contribution is -2.46. The van der Waals surface area contributed by atoms with Crippen molar-refractivity contribution in [3.05, 3.63) is 127 Å². The number of benzene rings is 3. The van der Waals surface area contributed by atoms with Crippen molar-refractivity contribution in [2.75, 3.05) is 13.1 Å². The highest BCUT2D eigenvalue weighted by molar-refractivity contribution is 7.10. The normalized spacial score (nSPS) is 14.7. The Labute approximate surface area is 233 Å². The fraction of sp³-hybridized carbons (Fsp3) is 0.172. The second kappa shape index (κ2) is 11.2. The number of hydrogen-bond donors (Lipinski definition) is 0. The second-order valence-electron chi connectivity index (χ2n) is 9.00. The topological polar surface area (TPSA) is 40.6 Å². The Balaban J connectivity index is 1.48. The zero-order valence-electron chi connectivity index (χ0n) is 20.0. The van der Waals surface area contributed by atoms with Crippen LogP contribution < -0.4 is 0 Å². The summed E-state index contributed by atoms with van der Waals surface area (Å²) in [6, 6.07) is 17.8. The predicted octanol–water partition coefficient (Wildman–Crippen LogP) is 7.15. The first-order chi connectivity index (χ1) is 18.3. The van der Waals surface area contributed by atoms with Crippen molar-refractivity contribution < 1.29 is 18.4 Å². The van der Waals surface area contributed by atoms with Gasteiger partial charge in [-0.3, -0.25) is 9.59 Å². The van der Waals surface area contributed by atoms with Crippen LogP contribution in [0.25, 0.3) is 0 Å². The van der Waals surface area contributed by atoms with Crippen LogP contribution in [0.3, 0.4) is 0 Å². The van der Waals surface area contributed by atoms with E-state index in [9.17, 15) is 18.4 Å². The number of halogens is 4. The van der Waals surface area contributed by atoms with Crippen molar-refractivity contribution in [3.8, 4) is 0 Å².